The van der Waals surface area contributed by atoms with E-state index in [1.807, 2.05) is 6.92 Å². The summed E-state index contributed by atoms with van der Waals surface area (Å²) in [5.74, 6) is 0.0479. The molecule has 3 nitrogen and oxygen atoms in total. The van der Waals surface area contributed by atoms with Crippen molar-refractivity contribution in [2.24, 2.45) is 0 Å². The van der Waals surface area contributed by atoms with Gasteiger partial charge < -0.3 is 10.6 Å². The van der Waals surface area contributed by atoms with Gasteiger partial charge in [-0.05, 0) is 51.3 Å². The Morgan fingerprint density at radius 3 is 2.28 bits per heavy atom. The van der Waals surface area contributed by atoms with Crippen LogP contribution >= 0.6 is 0 Å². The van der Waals surface area contributed by atoms with Gasteiger partial charge in [0.05, 0.1) is 6.54 Å². The van der Waals surface area contributed by atoms with E-state index in [0.29, 0.717) is 13.1 Å². The fraction of sp³-hybridized carbons (Fsp3) is 0.533. The zero-order valence-corrected chi connectivity index (χ0v) is 12.1. The largest absolute Gasteiger partial charge is 0.355 e. The molecule has 0 spiro atoms. The van der Waals surface area contributed by atoms with Gasteiger partial charge in [0.2, 0.25) is 5.91 Å². The van der Waals surface area contributed by atoms with E-state index in [4.69, 9.17) is 0 Å². The van der Waals surface area contributed by atoms with Crippen LogP contribution < -0.4 is 10.6 Å². The Kier molecular flexibility index (Phi) is 5.35. The summed E-state index contributed by atoms with van der Waals surface area (Å²) in [5, 5.41) is 6.06. The predicted octanol–water partition coefficient (Wildman–Crippen LogP) is 2.40. The van der Waals surface area contributed by atoms with Crippen LogP contribution in [0.3, 0.4) is 0 Å². The second kappa shape index (κ2) is 6.55. The number of hydrogen-bond acceptors (Lipinski definition) is 2. The Bertz CT molecular complexity index is 403. The van der Waals surface area contributed by atoms with Crippen LogP contribution in [0.5, 0.6) is 0 Å². The smallest absolute Gasteiger partial charge is 0.233 e. The molecule has 0 aliphatic carbocycles. The Labute approximate surface area is 110 Å². The first-order chi connectivity index (χ1) is 8.45. The van der Waals surface area contributed by atoms with Crippen molar-refractivity contribution in [3.05, 3.63) is 34.4 Å². The summed E-state index contributed by atoms with van der Waals surface area (Å²) < 4.78 is 0. The number of hydrogen-bond donors (Lipinski definition) is 2. The molecule has 0 saturated heterocycles. The lowest BCUT2D eigenvalue weighted by Gasteiger charge is -2.19. The van der Waals surface area contributed by atoms with Crippen LogP contribution in [0.25, 0.3) is 0 Å². The molecule has 0 aliphatic rings. The predicted molar refractivity (Wildman–Crippen MR) is 75.8 cm³/mol. The quantitative estimate of drug-likeness (QED) is 0.840. The molecule has 0 aromatic heterocycles. The van der Waals surface area contributed by atoms with Crippen LogP contribution in [-0.4, -0.2) is 19.0 Å². The minimum atomic E-state index is 0.0479. The highest BCUT2D eigenvalue weighted by atomic mass is 16.1. The summed E-state index contributed by atoms with van der Waals surface area (Å²) in [4.78, 5) is 11.4. The number of carbonyl (C=O) groups is 1. The van der Waals surface area contributed by atoms with Crippen LogP contribution in [-0.2, 0) is 4.79 Å². The molecule has 0 bridgehead atoms. The molecular weight excluding hydrogens is 224 g/mol. The highest BCUT2D eigenvalue weighted by Gasteiger charge is 2.12. The van der Waals surface area contributed by atoms with E-state index in [0.717, 1.165) is 0 Å². The molecule has 100 valence electrons. The summed E-state index contributed by atoms with van der Waals surface area (Å²) in [6, 6.07) is 4.56. The zero-order chi connectivity index (χ0) is 13.7. The third-order valence-corrected chi connectivity index (χ3v) is 3.11. The normalized spacial score (nSPS) is 12.3. The van der Waals surface area contributed by atoms with E-state index in [-0.39, 0.29) is 11.9 Å². The molecule has 0 saturated carbocycles. The van der Waals surface area contributed by atoms with Crippen LogP contribution in [0.4, 0.5) is 0 Å². The van der Waals surface area contributed by atoms with Crippen LogP contribution in [0.2, 0.25) is 0 Å². The maximum absolute atomic E-state index is 11.4. The average molecular weight is 248 g/mol. The topological polar surface area (TPSA) is 41.1 Å². The monoisotopic (exact) mass is 248 g/mol. The number of nitrogens with one attached hydrogen (secondary N) is 2. The number of aryl methyl sites for hydroxylation is 3. The summed E-state index contributed by atoms with van der Waals surface area (Å²) in [5.41, 5.74) is 5.14. The molecule has 0 radical (unpaired) electrons. The summed E-state index contributed by atoms with van der Waals surface area (Å²) in [7, 11) is 0. The SMILES string of the molecule is CCNC(=O)CNC(C)c1c(C)cc(C)cc1C. The van der Waals surface area contributed by atoms with Crippen LogP contribution in [0.15, 0.2) is 12.1 Å². The van der Waals surface area contributed by atoms with Crippen LogP contribution in [0, 0.1) is 20.8 Å². The highest BCUT2D eigenvalue weighted by molar-refractivity contribution is 5.77. The van der Waals surface area contributed by atoms with E-state index in [1.165, 1.54) is 22.3 Å². The fourth-order valence-electron chi connectivity index (χ4n) is 2.48. The Hall–Kier alpha value is -1.35. The second-order valence-corrected chi connectivity index (χ2v) is 4.87. The lowest BCUT2D eigenvalue weighted by molar-refractivity contribution is -0.120. The first-order valence-corrected chi connectivity index (χ1v) is 6.53. The van der Waals surface area contributed by atoms with Gasteiger partial charge in [-0.3, -0.25) is 4.79 Å². The molecule has 1 rings (SSSR count). The first kappa shape index (κ1) is 14.7. The molecule has 0 aliphatic heterocycles. The molecule has 1 aromatic carbocycles. The number of rotatable bonds is 5. The summed E-state index contributed by atoms with van der Waals surface area (Å²) >= 11 is 0. The van der Waals surface area contributed by atoms with Crippen molar-refractivity contribution in [1.82, 2.24) is 10.6 Å². The third kappa shape index (κ3) is 3.84. The van der Waals surface area contributed by atoms with Gasteiger partial charge in [-0.2, -0.15) is 0 Å². The van der Waals surface area contributed by atoms with Gasteiger partial charge in [0, 0.05) is 12.6 Å². The van der Waals surface area contributed by atoms with Crippen molar-refractivity contribution in [2.75, 3.05) is 13.1 Å². The van der Waals surface area contributed by atoms with E-state index in [2.05, 4.69) is 50.5 Å². The van der Waals surface area contributed by atoms with Gasteiger partial charge in [-0.1, -0.05) is 17.7 Å². The molecule has 3 heteroatoms. The van der Waals surface area contributed by atoms with E-state index in [1.54, 1.807) is 0 Å². The molecule has 18 heavy (non-hydrogen) atoms. The van der Waals surface area contributed by atoms with Crippen molar-refractivity contribution in [3.63, 3.8) is 0 Å². The maximum Gasteiger partial charge on any atom is 0.233 e. The van der Waals surface area contributed by atoms with Crippen molar-refractivity contribution >= 4 is 5.91 Å². The molecule has 0 heterocycles. The zero-order valence-electron chi connectivity index (χ0n) is 12.1. The van der Waals surface area contributed by atoms with Crippen LogP contribution in [0.1, 0.15) is 42.1 Å². The average Bonchev–Trinajstić information content (AvgIpc) is 2.25. The number of amides is 1. The molecule has 1 atom stereocenters. The molecular formula is C15H24N2O. The molecule has 2 N–H and O–H groups in total. The van der Waals surface area contributed by atoms with Gasteiger partial charge in [-0.25, -0.2) is 0 Å². The van der Waals surface area contributed by atoms with E-state index >= 15 is 0 Å². The molecule has 0 fully saturated rings. The lowest BCUT2D eigenvalue weighted by Crippen LogP contribution is -2.35. The van der Waals surface area contributed by atoms with E-state index < -0.39 is 0 Å². The molecule has 1 amide bonds. The van der Waals surface area contributed by atoms with Gasteiger partial charge in [-0.15, -0.1) is 0 Å². The first-order valence-electron chi connectivity index (χ1n) is 6.53. The summed E-state index contributed by atoms with van der Waals surface area (Å²) in [6.07, 6.45) is 0. The minimum Gasteiger partial charge on any atom is -0.355 e. The third-order valence-electron chi connectivity index (χ3n) is 3.11. The highest BCUT2D eigenvalue weighted by Crippen LogP contribution is 2.22. The summed E-state index contributed by atoms with van der Waals surface area (Å²) in [6.45, 7) is 11.4. The van der Waals surface area contributed by atoms with Crippen molar-refractivity contribution < 1.29 is 4.79 Å². The fourth-order valence-corrected chi connectivity index (χ4v) is 2.48. The molecule has 1 aromatic rings. The second-order valence-electron chi connectivity index (χ2n) is 4.87. The number of benzene rings is 1. The Balaban J connectivity index is 2.73. The van der Waals surface area contributed by atoms with Gasteiger partial charge in [0.15, 0.2) is 0 Å². The lowest BCUT2D eigenvalue weighted by atomic mass is 9.95. The van der Waals surface area contributed by atoms with Crippen molar-refractivity contribution in [3.8, 4) is 0 Å². The standard InChI is InChI=1S/C15H24N2O/c1-6-16-14(18)9-17-13(5)15-11(3)7-10(2)8-12(15)4/h7-8,13,17H,6,9H2,1-5H3,(H,16,18). The van der Waals surface area contributed by atoms with Gasteiger partial charge in [0.1, 0.15) is 0 Å². The minimum absolute atomic E-state index is 0.0479. The van der Waals surface area contributed by atoms with Crippen molar-refractivity contribution in [1.29, 1.82) is 0 Å². The van der Waals surface area contributed by atoms with Crippen molar-refractivity contribution in [2.45, 2.75) is 40.7 Å². The number of carbonyl (C=O) groups excluding carboxylic acids is 1. The molecule has 1 unspecified atom stereocenters. The maximum atomic E-state index is 11.4. The number of likely N-dealkylation sites (N-methyl/N-ethyl adjacent to an activating group) is 1. The van der Waals surface area contributed by atoms with E-state index in [9.17, 15) is 4.79 Å². The Morgan fingerprint density at radius 1 is 1.22 bits per heavy atom. The van der Waals surface area contributed by atoms with Gasteiger partial charge >= 0.3 is 0 Å². The Morgan fingerprint density at radius 2 is 1.78 bits per heavy atom. The van der Waals surface area contributed by atoms with Gasteiger partial charge in [0.25, 0.3) is 0 Å².